The number of benzene rings is 1. The second-order valence-electron chi connectivity index (χ2n) is 3.10. The maximum Gasteiger partial charge on any atom is 0.207 e. The van der Waals surface area contributed by atoms with E-state index in [2.05, 4.69) is 10.6 Å². The van der Waals surface area contributed by atoms with Gasteiger partial charge >= 0.3 is 0 Å². The predicted octanol–water partition coefficient (Wildman–Crippen LogP) is 0.531. The van der Waals surface area contributed by atoms with E-state index in [0.29, 0.717) is 13.0 Å². The van der Waals surface area contributed by atoms with Crippen LogP contribution in [0.25, 0.3) is 0 Å². The molecule has 0 bridgehead atoms. The van der Waals surface area contributed by atoms with E-state index in [1.54, 1.807) is 7.11 Å². The molecular weight excluding hydrogens is 192 g/mol. The summed E-state index contributed by atoms with van der Waals surface area (Å²) >= 11 is 0. The largest absolute Gasteiger partial charge is 0.497 e. The van der Waals surface area contributed by atoms with Crippen LogP contribution in [0.4, 0.5) is 0 Å². The van der Waals surface area contributed by atoms with Gasteiger partial charge in [-0.15, -0.1) is 0 Å². The Morgan fingerprint density at radius 1 is 1.27 bits per heavy atom. The maximum atomic E-state index is 9.96. The Hall–Kier alpha value is -1.55. The third-order valence-corrected chi connectivity index (χ3v) is 2.02. The van der Waals surface area contributed by atoms with E-state index in [-0.39, 0.29) is 0 Å². The Morgan fingerprint density at radius 2 is 2.00 bits per heavy atom. The van der Waals surface area contributed by atoms with Crippen molar-refractivity contribution in [2.24, 2.45) is 0 Å². The van der Waals surface area contributed by atoms with E-state index in [9.17, 15) is 4.79 Å². The second kappa shape index (κ2) is 6.84. The van der Waals surface area contributed by atoms with Crippen LogP contribution in [-0.2, 0) is 11.3 Å². The molecule has 1 amide bonds. The van der Waals surface area contributed by atoms with Crippen molar-refractivity contribution in [3.05, 3.63) is 29.8 Å². The minimum Gasteiger partial charge on any atom is -0.497 e. The molecule has 0 aliphatic rings. The lowest BCUT2D eigenvalue weighted by molar-refractivity contribution is -0.109. The number of carbonyl (C=O) groups is 1. The first-order chi connectivity index (χ1) is 7.36. The van der Waals surface area contributed by atoms with E-state index < -0.39 is 0 Å². The average Bonchev–Trinajstić information content (AvgIpc) is 2.30. The normalized spacial score (nSPS) is 9.67. The maximum absolute atomic E-state index is 9.96. The lowest BCUT2D eigenvalue weighted by Crippen LogP contribution is -2.25. The molecule has 0 spiro atoms. The summed E-state index contributed by atoms with van der Waals surface area (Å²) in [5.74, 6) is 0.862. The summed E-state index contributed by atoms with van der Waals surface area (Å²) in [4.78, 5) is 9.96. The molecule has 1 aromatic carbocycles. The van der Waals surface area contributed by atoms with Crippen LogP contribution in [-0.4, -0.2) is 26.6 Å². The van der Waals surface area contributed by atoms with Crippen molar-refractivity contribution in [3.63, 3.8) is 0 Å². The lowest BCUT2D eigenvalue weighted by atomic mass is 10.2. The SMILES string of the molecule is COc1ccc(CNCCNC=O)cc1. The number of hydrogen-bond acceptors (Lipinski definition) is 3. The lowest BCUT2D eigenvalue weighted by Gasteiger charge is -2.05. The molecule has 1 rings (SSSR count). The van der Waals surface area contributed by atoms with Crippen LogP contribution in [0.3, 0.4) is 0 Å². The number of rotatable bonds is 7. The van der Waals surface area contributed by atoms with Gasteiger partial charge in [-0.25, -0.2) is 0 Å². The van der Waals surface area contributed by atoms with Crippen molar-refractivity contribution in [3.8, 4) is 5.75 Å². The van der Waals surface area contributed by atoms with E-state index in [1.807, 2.05) is 24.3 Å². The predicted molar refractivity (Wildman–Crippen MR) is 58.8 cm³/mol. The van der Waals surface area contributed by atoms with Crippen LogP contribution in [0.1, 0.15) is 5.56 Å². The molecule has 1 aromatic rings. The minimum atomic E-state index is 0.652. The standard InChI is InChI=1S/C11H16N2O2/c1-15-11-4-2-10(3-5-11)8-12-6-7-13-9-14/h2-5,9,12H,6-8H2,1H3,(H,13,14). The molecule has 0 aliphatic heterocycles. The van der Waals surface area contributed by atoms with Gasteiger partial charge in [-0.3, -0.25) is 4.79 Å². The molecule has 0 saturated carbocycles. The van der Waals surface area contributed by atoms with Crippen LogP contribution >= 0.6 is 0 Å². The number of amides is 1. The van der Waals surface area contributed by atoms with Crippen molar-refractivity contribution < 1.29 is 9.53 Å². The molecule has 15 heavy (non-hydrogen) atoms. The summed E-state index contributed by atoms with van der Waals surface area (Å²) < 4.78 is 5.06. The van der Waals surface area contributed by atoms with E-state index in [1.165, 1.54) is 5.56 Å². The molecule has 0 heterocycles. The second-order valence-corrected chi connectivity index (χ2v) is 3.10. The van der Waals surface area contributed by atoms with Crippen molar-refractivity contribution in [2.75, 3.05) is 20.2 Å². The Morgan fingerprint density at radius 3 is 2.60 bits per heavy atom. The Labute approximate surface area is 89.6 Å². The zero-order chi connectivity index (χ0) is 10.9. The highest BCUT2D eigenvalue weighted by atomic mass is 16.5. The van der Waals surface area contributed by atoms with Crippen LogP contribution in [0, 0.1) is 0 Å². The fourth-order valence-electron chi connectivity index (χ4n) is 1.20. The molecule has 0 aromatic heterocycles. The zero-order valence-corrected chi connectivity index (χ0v) is 8.82. The molecule has 0 aliphatic carbocycles. The zero-order valence-electron chi connectivity index (χ0n) is 8.82. The quantitative estimate of drug-likeness (QED) is 0.507. The molecular formula is C11H16N2O2. The molecule has 82 valence electrons. The molecule has 4 heteroatoms. The van der Waals surface area contributed by atoms with Crippen LogP contribution in [0.5, 0.6) is 5.75 Å². The molecule has 0 saturated heterocycles. The highest BCUT2D eigenvalue weighted by molar-refractivity contribution is 5.45. The average molecular weight is 208 g/mol. The molecule has 4 nitrogen and oxygen atoms in total. The first-order valence-electron chi connectivity index (χ1n) is 4.87. The molecule has 2 N–H and O–H groups in total. The Balaban J connectivity index is 2.22. The van der Waals surface area contributed by atoms with Crippen molar-refractivity contribution >= 4 is 6.41 Å². The third kappa shape index (κ3) is 4.46. The highest BCUT2D eigenvalue weighted by Gasteiger charge is 1.93. The van der Waals surface area contributed by atoms with Crippen molar-refractivity contribution in [1.82, 2.24) is 10.6 Å². The number of methoxy groups -OCH3 is 1. The van der Waals surface area contributed by atoms with Gasteiger partial charge in [0.1, 0.15) is 5.75 Å². The molecule has 0 fully saturated rings. The topological polar surface area (TPSA) is 50.4 Å². The summed E-state index contributed by atoms with van der Waals surface area (Å²) in [6, 6.07) is 7.89. The molecule has 0 atom stereocenters. The fourth-order valence-corrected chi connectivity index (χ4v) is 1.20. The number of hydrogen-bond donors (Lipinski definition) is 2. The van der Waals surface area contributed by atoms with Crippen LogP contribution < -0.4 is 15.4 Å². The van der Waals surface area contributed by atoms with Gasteiger partial charge in [0.05, 0.1) is 7.11 Å². The van der Waals surface area contributed by atoms with Gasteiger partial charge in [-0.1, -0.05) is 12.1 Å². The van der Waals surface area contributed by atoms with Crippen LogP contribution in [0.15, 0.2) is 24.3 Å². The monoisotopic (exact) mass is 208 g/mol. The van der Waals surface area contributed by atoms with E-state index in [4.69, 9.17) is 4.74 Å². The summed E-state index contributed by atoms with van der Waals surface area (Å²) in [5.41, 5.74) is 1.20. The minimum absolute atomic E-state index is 0.652. The summed E-state index contributed by atoms with van der Waals surface area (Å²) in [5, 5.41) is 5.80. The first-order valence-corrected chi connectivity index (χ1v) is 4.87. The Kier molecular flexibility index (Phi) is 5.25. The smallest absolute Gasteiger partial charge is 0.207 e. The van der Waals surface area contributed by atoms with Gasteiger partial charge in [-0.05, 0) is 17.7 Å². The van der Waals surface area contributed by atoms with Gasteiger partial charge in [0.15, 0.2) is 0 Å². The molecule has 0 radical (unpaired) electrons. The van der Waals surface area contributed by atoms with Gasteiger partial charge in [0.2, 0.25) is 6.41 Å². The Bertz CT molecular complexity index is 285. The van der Waals surface area contributed by atoms with Gasteiger partial charge in [-0.2, -0.15) is 0 Å². The third-order valence-electron chi connectivity index (χ3n) is 2.02. The molecule has 0 unspecified atom stereocenters. The number of nitrogens with one attached hydrogen (secondary N) is 2. The van der Waals surface area contributed by atoms with Crippen LogP contribution in [0.2, 0.25) is 0 Å². The summed E-state index contributed by atoms with van der Waals surface area (Å²) in [6.45, 7) is 2.22. The van der Waals surface area contributed by atoms with Gasteiger partial charge < -0.3 is 15.4 Å². The number of carbonyl (C=O) groups excluding carboxylic acids is 1. The van der Waals surface area contributed by atoms with Crippen molar-refractivity contribution in [1.29, 1.82) is 0 Å². The highest BCUT2D eigenvalue weighted by Crippen LogP contribution is 2.10. The van der Waals surface area contributed by atoms with Crippen molar-refractivity contribution in [2.45, 2.75) is 6.54 Å². The fraction of sp³-hybridized carbons (Fsp3) is 0.364. The van der Waals surface area contributed by atoms with E-state index >= 15 is 0 Å². The summed E-state index contributed by atoms with van der Waals surface area (Å²) in [7, 11) is 1.65. The first kappa shape index (κ1) is 11.5. The summed E-state index contributed by atoms with van der Waals surface area (Å²) in [6.07, 6.45) is 0.703. The number of ether oxygens (including phenoxy) is 1. The van der Waals surface area contributed by atoms with E-state index in [0.717, 1.165) is 18.8 Å². The van der Waals surface area contributed by atoms with Gasteiger partial charge in [0.25, 0.3) is 0 Å². The van der Waals surface area contributed by atoms with Gasteiger partial charge in [0, 0.05) is 19.6 Å².